The van der Waals surface area contributed by atoms with Gasteiger partial charge in [0.2, 0.25) is 0 Å². The van der Waals surface area contributed by atoms with Crippen LogP contribution in [0.4, 0.5) is 0 Å². The Morgan fingerprint density at radius 2 is 0.943 bits per heavy atom. The fraction of sp³-hybridized carbons (Fsp3) is 0.0625. The lowest BCUT2D eigenvalue weighted by Crippen LogP contribution is -2.54. The molecular weight excluding hydrogens is 647 g/mol. The normalized spacial score (nSPS) is 17.4. The van der Waals surface area contributed by atoms with Gasteiger partial charge in [0.15, 0.2) is 0 Å². The van der Waals surface area contributed by atoms with Crippen molar-refractivity contribution in [2.24, 2.45) is 0 Å². The third-order valence-electron chi connectivity index (χ3n) is 10.6. The number of fused-ring (bicyclic) bond motifs is 5. The van der Waals surface area contributed by atoms with Gasteiger partial charge in [0.25, 0.3) is 0 Å². The molecule has 10 rings (SSSR count). The predicted octanol–water partition coefficient (Wildman–Crippen LogP) is 10.8. The van der Waals surface area contributed by atoms with Crippen molar-refractivity contribution in [1.29, 1.82) is 0 Å². The van der Waals surface area contributed by atoms with E-state index in [1.54, 1.807) is 0 Å². The van der Waals surface area contributed by atoms with E-state index < -0.39 is 0 Å². The second-order valence-corrected chi connectivity index (χ2v) is 13.8. The Morgan fingerprint density at radius 1 is 0.396 bits per heavy atom. The summed E-state index contributed by atoms with van der Waals surface area (Å²) in [6, 6.07) is 64.8. The molecule has 3 N–H and O–H groups in total. The van der Waals surface area contributed by atoms with Crippen LogP contribution in [0, 0.1) is 0 Å². The molecule has 254 valence electrons. The minimum Gasteiger partial charge on any atom is -0.294 e. The molecule has 0 radical (unpaired) electrons. The van der Waals surface area contributed by atoms with Crippen molar-refractivity contribution in [1.82, 2.24) is 25.5 Å². The molecule has 5 heteroatoms. The Labute approximate surface area is 308 Å². The number of rotatable bonds is 6. The molecule has 1 fully saturated rings. The molecule has 2 aromatic heterocycles. The molecule has 7 aromatic carbocycles. The first-order valence-electron chi connectivity index (χ1n) is 18.2. The maximum absolute atomic E-state index is 5.18. The summed E-state index contributed by atoms with van der Waals surface area (Å²) in [4.78, 5) is 5.18. The second kappa shape index (κ2) is 13.3. The lowest BCUT2D eigenvalue weighted by Gasteiger charge is -2.39. The monoisotopic (exact) mass is 683 g/mol. The summed E-state index contributed by atoms with van der Waals surface area (Å²) < 4.78 is 2.32. The smallest absolute Gasteiger partial charge is 0.137 e. The van der Waals surface area contributed by atoms with E-state index in [0.29, 0.717) is 0 Å². The Bertz CT molecular complexity index is 2690. The lowest BCUT2D eigenvalue weighted by molar-refractivity contribution is 0.203. The highest BCUT2D eigenvalue weighted by atomic mass is 15.4. The third kappa shape index (κ3) is 5.78. The summed E-state index contributed by atoms with van der Waals surface area (Å²) in [5.74, 6) is 0.885. The molecule has 53 heavy (non-hydrogen) atoms. The molecule has 9 aromatic rings. The number of hydrogen-bond donors (Lipinski definition) is 3. The van der Waals surface area contributed by atoms with Crippen LogP contribution in [0.25, 0.3) is 60.6 Å². The van der Waals surface area contributed by atoms with Crippen LogP contribution in [0.2, 0.25) is 0 Å². The van der Waals surface area contributed by atoms with Crippen molar-refractivity contribution in [3.63, 3.8) is 0 Å². The molecule has 3 unspecified atom stereocenters. The van der Waals surface area contributed by atoms with E-state index in [1.807, 2.05) is 6.20 Å². The summed E-state index contributed by atoms with van der Waals surface area (Å²) in [7, 11) is 0. The number of hydrogen-bond acceptors (Lipinski definition) is 4. The zero-order valence-corrected chi connectivity index (χ0v) is 29.0. The molecular formula is C48H37N5. The van der Waals surface area contributed by atoms with E-state index in [-0.39, 0.29) is 18.5 Å². The van der Waals surface area contributed by atoms with Crippen molar-refractivity contribution in [2.75, 3.05) is 0 Å². The van der Waals surface area contributed by atoms with Crippen molar-refractivity contribution in [2.45, 2.75) is 18.5 Å². The van der Waals surface area contributed by atoms with Crippen LogP contribution in [0.1, 0.15) is 35.2 Å². The highest BCUT2D eigenvalue weighted by Crippen LogP contribution is 2.38. The fourth-order valence-corrected chi connectivity index (χ4v) is 7.91. The molecule has 0 aliphatic carbocycles. The third-order valence-corrected chi connectivity index (χ3v) is 10.6. The lowest BCUT2D eigenvalue weighted by atomic mass is 10.0. The van der Waals surface area contributed by atoms with E-state index in [0.717, 1.165) is 22.4 Å². The van der Waals surface area contributed by atoms with Gasteiger partial charge in [-0.05, 0) is 62.4 Å². The van der Waals surface area contributed by atoms with Crippen LogP contribution in [0.15, 0.2) is 188 Å². The number of pyridine rings is 1. The molecule has 5 nitrogen and oxygen atoms in total. The maximum atomic E-state index is 5.18. The first-order valence-corrected chi connectivity index (χ1v) is 18.2. The van der Waals surface area contributed by atoms with E-state index in [1.165, 1.54) is 54.9 Å². The van der Waals surface area contributed by atoms with Crippen molar-refractivity contribution in [3.05, 3.63) is 205 Å². The molecule has 1 aliphatic rings. The summed E-state index contributed by atoms with van der Waals surface area (Å²) in [5, 5.41) is 16.4. The molecule has 3 heterocycles. The molecule has 0 spiro atoms. The number of nitrogens with zero attached hydrogens (tertiary/aromatic N) is 2. The fourth-order valence-electron chi connectivity index (χ4n) is 7.91. The number of aromatic nitrogens is 2. The van der Waals surface area contributed by atoms with Crippen molar-refractivity contribution < 1.29 is 0 Å². The predicted molar refractivity (Wildman–Crippen MR) is 217 cm³/mol. The van der Waals surface area contributed by atoms with E-state index in [2.05, 4.69) is 203 Å². The van der Waals surface area contributed by atoms with E-state index in [9.17, 15) is 0 Å². The average Bonchev–Trinajstić information content (AvgIpc) is 3.59. The Kier molecular flexibility index (Phi) is 7.88. The number of nitrogens with one attached hydrogen (secondary N) is 3. The molecule has 0 bridgehead atoms. The van der Waals surface area contributed by atoms with E-state index >= 15 is 0 Å². The van der Waals surface area contributed by atoms with Crippen LogP contribution in [0.3, 0.4) is 0 Å². The quantitative estimate of drug-likeness (QED) is 0.163. The number of benzene rings is 7. The minimum absolute atomic E-state index is 0.0667. The van der Waals surface area contributed by atoms with Crippen LogP contribution >= 0.6 is 0 Å². The zero-order valence-electron chi connectivity index (χ0n) is 29.0. The van der Waals surface area contributed by atoms with Gasteiger partial charge in [-0.1, -0.05) is 164 Å². The zero-order chi connectivity index (χ0) is 35.1. The van der Waals surface area contributed by atoms with Gasteiger partial charge in [-0.15, -0.1) is 0 Å². The highest BCUT2D eigenvalue weighted by molar-refractivity contribution is 6.21. The SMILES string of the molecule is c1ccc(-c2ccc(C3NC(c4ccccc4)NC(c4ccc(-n5c6cc(-c7ccccc7)ccc6c6c7ccccc7ccc65)nc4)N3)cc2)cc1. The maximum Gasteiger partial charge on any atom is 0.137 e. The van der Waals surface area contributed by atoms with Gasteiger partial charge in [0, 0.05) is 22.5 Å². The Morgan fingerprint density at radius 3 is 1.62 bits per heavy atom. The van der Waals surface area contributed by atoms with Gasteiger partial charge in [-0.2, -0.15) is 0 Å². The van der Waals surface area contributed by atoms with Gasteiger partial charge < -0.3 is 0 Å². The van der Waals surface area contributed by atoms with Gasteiger partial charge in [0.05, 0.1) is 29.5 Å². The summed E-state index contributed by atoms with van der Waals surface area (Å²) in [6.07, 6.45) is 1.72. The molecule has 0 amide bonds. The molecule has 3 atom stereocenters. The second-order valence-electron chi connectivity index (χ2n) is 13.8. The van der Waals surface area contributed by atoms with Crippen molar-refractivity contribution >= 4 is 32.6 Å². The first kappa shape index (κ1) is 31.4. The summed E-state index contributed by atoms with van der Waals surface area (Å²) >= 11 is 0. The standard InChI is InChI=1S/C48H37N5/c1-4-12-32(13-5-1)34-20-22-37(23-21-34)47-50-46(36-17-8-3-9-18-36)51-48(52-47)39-26-29-44(49-31-39)53-42-28-25-35-16-10-11-19-40(35)45(42)41-27-24-38(30-43(41)53)33-14-6-2-7-15-33/h1-31,46-48,50-52H. The largest absolute Gasteiger partial charge is 0.294 e. The van der Waals surface area contributed by atoms with Gasteiger partial charge in [0.1, 0.15) is 5.82 Å². The van der Waals surface area contributed by atoms with Crippen molar-refractivity contribution in [3.8, 4) is 28.1 Å². The minimum atomic E-state index is -0.145. The van der Waals surface area contributed by atoms with Gasteiger partial charge >= 0.3 is 0 Å². The Balaban J connectivity index is 1.04. The molecule has 1 saturated heterocycles. The molecule has 1 aliphatic heterocycles. The van der Waals surface area contributed by atoms with Gasteiger partial charge in [-0.3, -0.25) is 20.5 Å². The van der Waals surface area contributed by atoms with Crippen LogP contribution < -0.4 is 16.0 Å². The van der Waals surface area contributed by atoms with Crippen LogP contribution in [-0.4, -0.2) is 9.55 Å². The summed E-state index contributed by atoms with van der Waals surface area (Å²) in [5.41, 5.74) is 10.5. The highest BCUT2D eigenvalue weighted by Gasteiger charge is 2.30. The topological polar surface area (TPSA) is 53.9 Å². The van der Waals surface area contributed by atoms with Gasteiger partial charge in [-0.25, -0.2) is 4.98 Å². The summed E-state index contributed by atoms with van der Waals surface area (Å²) in [6.45, 7) is 0. The first-order chi connectivity index (χ1) is 26.3. The van der Waals surface area contributed by atoms with Crippen LogP contribution in [-0.2, 0) is 0 Å². The van der Waals surface area contributed by atoms with E-state index in [4.69, 9.17) is 4.98 Å². The van der Waals surface area contributed by atoms with Crippen LogP contribution in [0.5, 0.6) is 0 Å². The average molecular weight is 684 g/mol. The molecule has 0 saturated carbocycles. The Hall–Kier alpha value is -6.37.